The molecule has 5 aliphatic rings. The molecule has 2 aromatic rings. The van der Waals surface area contributed by atoms with Gasteiger partial charge in [0.25, 0.3) is 0 Å². The van der Waals surface area contributed by atoms with Gasteiger partial charge in [0.2, 0.25) is 16.9 Å². The fraction of sp³-hybridized carbons (Fsp3) is 0.615. The van der Waals surface area contributed by atoms with Crippen LogP contribution in [0, 0.1) is 30.1 Å². The molecular weight excluding hydrogens is 432 g/mol. The van der Waals surface area contributed by atoms with Gasteiger partial charge in [-0.05, 0) is 81.1 Å². The minimum Gasteiger partial charge on any atom is -0.342 e. The second kappa shape index (κ2) is 7.90. The van der Waals surface area contributed by atoms with Gasteiger partial charge >= 0.3 is 0 Å². The molecule has 2 heterocycles. The second-order valence-electron chi connectivity index (χ2n) is 11.2. The normalized spacial score (nSPS) is 33.3. The summed E-state index contributed by atoms with van der Waals surface area (Å²) in [6.45, 7) is 3.51. The molecule has 1 N–H and O–H groups in total. The Morgan fingerprint density at radius 1 is 1.06 bits per heavy atom. The van der Waals surface area contributed by atoms with Gasteiger partial charge < -0.3 is 10.2 Å². The number of benzene rings is 1. The van der Waals surface area contributed by atoms with E-state index in [1.54, 1.807) is 5.51 Å². The number of likely N-dealkylation sites (tertiary alicyclic amines) is 1. The van der Waals surface area contributed by atoms with E-state index in [1.807, 2.05) is 0 Å². The highest BCUT2D eigenvalue weighted by Crippen LogP contribution is 2.66. The molecule has 33 heavy (non-hydrogen) atoms. The van der Waals surface area contributed by atoms with Crippen LogP contribution in [0.1, 0.15) is 62.5 Å². The number of aromatic nitrogens is 2. The molecule has 2 amide bonds. The number of hydrogen-bond acceptors (Lipinski definition) is 5. The van der Waals surface area contributed by atoms with Crippen LogP contribution in [0.3, 0.4) is 0 Å². The smallest absolute Gasteiger partial charge is 0.229 e. The zero-order chi connectivity index (χ0) is 22.6. The van der Waals surface area contributed by atoms with Crippen molar-refractivity contribution in [3.05, 3.63) is 40.9 Å². The maximum atomic E-state index is 14.0. The van der Waals surface area contributed by atoms with E-state index in [4.69, 9.17) is 0 Å². The van der Waals surface area contributed by atoms with Crippen LogP contribution < -0.4 is 5.32 Å². The average molecular weight is 465 g/mol. The summed E-state index contributed by atoms with van der Waals surface area (Å²) >= 11 is 1.33. The number of amides is 2. The summed E-state index contributed by atoms with van der Waals surface area (Å²) < 4.78 is 0. The van der Waals surface area contributed by atoms with E-state index >= 15 is 0 Å². The lowest BCUT2D eigenvalue weighted by Gasteiger charge is -2.62. The van der Waals surface area contributed by atoms with Gasteiger partial charge in [-0.25, -0.2) is 0 Å². The number of nitrogens with zero attached hydrogens (tertiary/aromatic N) is 3. The van der Waals surface area contributed by atoms with Gasteiger partial charge in [-0.3, -0.25) is 9.59 Å². The summed E-state index contributed by atoms with van der Waals surface area (Å²) in [5.74, 6) is 1.66. The molecular formula is C26H32N4O2S. The van der Waals surface area contributed by atoms with Crippen LogP contribution in [0.25, 0.3) is 0 Å². The van der Waals surface area contributed by atoms with Gasteiger partial charge in [-0.1, -0.05) is 41.2 Å². The largest absolute Gasteiger partial charge is 0.342 e. The zero-order valence-electron chi connectivity index (χ0n) is 19.3. The summed E-state index contributed by atoms with van der Waals surface area (Å²) in [4.78, 5) is 28.7. The lowest BCUT2D eigenvalue weighted by atomic mass is 9.42. The van der Waals surface area contributed by atoms with Crippen LogP contribution in [0.2, 0.25) is 0 Å². The molecule has 0 radical (unpaired) electrons. The van der Waals surface area contributed by atoms with E-state index < -0.39 is 0 Å². The van der Waals surface area contributed by atoms with Crippen LogP contribution in [0.4, 0.5) is 5.13 Å². The number of piperidine rings is 1. The van der Waals surface area contributed by atoms with Crippen LogP contribution >= 0.6 is 11.3 Å². The maximum Gasteiger partial charge on any atom is 0.229 e. The number of rotatable bonds is 4. The second-order valence-corrected chi connectivity index (χ2v) is 12.0. The Hall–Kier alpha value is -2.28. The Labute approximate surface area is 199 Å². The number of hydrogen-bond donors (Lipinski definition) is 1. The maximum absolute atomic E-state index is 14.0. The van der Waals surface area contributed by atoms with Crippen molar-refractivity contribution in [2.24, 2.45) is 23.2 Å². The highest BCUT2D eigenvalue weighted by molar-refractivity contribution is 7.13. The summed E-state index contributed by atoms with van der Waals surface area (Å²) in [5.41, 5.74) is 4.34. The predicted octanol–water partition coefficient (Wildman–Crippen LogP) is 4.56. The monoisotopic (exact) mass is 464 g/mol. The Bertz CT molecular complexity index is 1030. The Balaban J connectivity index is 1.17. The first-order chi connectivity index (χ1) is 15.9. The third-order valence-corrected chi connectivity index (χ3v) is 9.53. The van der Waals surface area contributed by atoms with Crippen molar-refractivity contribution < 1.29 is 9.59 Å². The first-order valence-electron chi connectivity index (χ1n) is 12.4. The van der Waals surface area contributed by atoms with Crippen molar-refractivity contribution >= 4 is 28.3 Å². The summed E-state index contributed by atoms with van der Waals surface area (Å²) in [6.07, 6.45) is 8.37. The molecule has 6 nitrogen and oxygen atoms in total. The molecule has 1 aromatic heterocycles. The highest BCUT2D eigenvalue weighted by Gasteiger charge is 2.61. The van der Waals surface area contributed by atoms with Gasteiger partial charge in [0.15, 0.2) is 0 Å². The molecule has 7 rings (SSSR count). The van der Waals surface area contributed by atoms with E-state index in [2.05, 4.69) is 51.6 Å². The van der Waals surface area contributed by atoms with Gasteiger partial charge in [-0.15, -0.1) is 10.2 Å². The molecule has 5 fully saturated rings. The third-order valence-electron chi connectivity index (χ3n) is 8.92. The van der Waals surface area contributed by atoms with Crippen molar-refractivity contribution in [1.82, 2.24) is 15.1 Å². The Morgan fingerprint density at radius 3 is 2.39 bits per heavy atom. The number of carbonyl (C=O) groups excluding carboxylic acids is 2. The molecule has 4 aliphatic carbocycles. The number of nitrogens with one attached hydrogen (secondary N) is 1. The number of anilines is 1. The first kappa shape index (κ1) is 21.3. The van der Waals surface area contributed by atoms with Crippen molar-refractivity contribution in [3.63, 3.8) is 0 Å². The van der Waals surface area contributed by atoms with Crippen LogP contribution in [-0.2, 0) is 15.0 Å². The lowest BCUT2D eigenvalue weighted by molar-refractivity contribution is -0.162. The lowest BCUT2D eigenvalue weighted by Crippen LogP contribution is -2.60. The zero-order valence-corrected chi connectivity index (χ0v) is 20.1. The molecule has 1 aliphatic heterocycles. The van der Waals surface area contributed by atoms with Crippen molar-refractivity contribution in [1.29, 1.82) is 0 Å². The van der Waals surface area contributed by atoms with Gasteiger partial charge in [0, 0.05) is 19.0 Å². The Morgan fingerprint density at radius 2 is 1.76 bits per heavy atom. The standard InChI is InChI=1S/C26H32N4O2S/c1-17-2-4-21(5-3-17)25-11-18-10-19(12-25)14-26(13-18,15-25)23(32)30-8-6-20(7-9-30)22(31)28-24-29-27-16-33-24/h2-5,16,18-20H,6-15H2,1H3,(H,28,29,31). The highest BCUT2D eigenvalue weighted by atomic mass is 32.1. The van der Waals surface area contributed by atoms with Gasteiger partial charge in [0.1, 0.15) is 5.51 Å². The summed E-state index contributed by atoms with van der Waals surface area (Å²) in [5, 5.41) is 11.1. The van der Waals surface area contributed by atoms with E-state index in [9.17, 15) is 9.59 Å². The molecule has 174 valence electrons. The predicted molar refractivity (Wildman–Crippen MR) is 128 cm³/mol. The fourth-order valence-corrected chi connectivity index (χ4v) is 8.32. The van der Waals surface area contributed by atoms with Crippen molar-refractivity contribution in [2.75, 3.05) is 18.4 Å². The molecule has 7 heteroatoms. The number of aryl methyl sites for hydroxylation is 1. The minimum atomic E-state index is -0.198. The number of carbonyl (C=O) groups is 2. The van der Waals surface area contributed by atoms with Crippen molar-refractivity contribution in [3.8, 4) is 0 Å². The molecule has 2 atom stereocenters. The third kappa shape index (κ3) is 3.69. The topological polar surface area (TPSA) is 75.2 Å². The molecule has 1 saturated heterocycles. The van der Waals surface area contributed by atoms with Crippen LogP contribution in [0.15, 0.2) is 29.8 Å². The molecule has 4 bridgehead atoms. The van der Waals surface area contributed by atoms with E-state index in [0.29, 0.717) is 36.0 Å². The van der Waals surface area contributed by atoms with E-state index in [0.717, 1.165) is 32.1 Å². The molecule has 4 saturated carbocycles. The van der Waals surface area contributed by atoms with Crippen LogP contribution in [0.5, 0.6) is 0 Å². The first-order valence-corrected chi connectivity index (χ1v) is 13.3. The minimum absolute atomic E-state index is 0.00646. The van der Waals surface area contributed by atoms with Crippen LogP contribution in [-0.4, -0.2) is 40.0 Å². The van der Waals surface area contributed by atoms with Gasteiger partial charge in [-0.2, -0.15) is 0 Å². The molecule has 0 spiro atoms. The molecule has 2 unspecified atom stereocenters. The molecule has 1 aromatic carbocycles. The summed E-state index contributed by atoms with van der Waals surface area (Å²) in [7, 11) is 0. The fourth-order valence-electron chi connectivity index (χ4n) is 7.87. The average Bonchev–Trinajstić information content (AvgIpc) is 3.31. The van der Waals surface area contributed by atoms with E-state index in [-0.39, 0.29) is 22.7 Å². The van der Waals surface area contributed by atoms with Crippen molar-refractivity contribution in [2.45, 2.75) is 63.7 Å². The quantitative estimate of drug-likeness (QED) is 0.720. The Kier molecular flexibility index (Phi) is 5.09. The van der Waals surface area contributed by atoms with E-state index in [1.165, 1.54) is 41.7 Å². The summed E-state index contributed by atoms with van der Waals surface area (Å²) in [6, 6.07) is 9.12. The van der Waals surface area contributed by atoms with Gasteiger partial charge in [0.05, 0.1) is 5.41 Å². The SMILES string of the molecule is Cc1ccc(C23CC4CC(CC(C(=O)N5CCC(C(=O)Nc6nncs6)CC5)(C4)C2)C3)cc1.